The number of pyridine rings is 1. The lowest BCUT2D eigenvalue weighted by molar-refractivity contribution is -0.131. The molecule has 0 saturated carbocycles. The number of rotatable bonds is 3. The van der Waals surface area contributed by atoms with E-state index in [-0.39, 0.29) is 11.6 Å². The molecule has 0 aliphatic heterocycles. The Labute approximate surface area is 112 Å². The summed E-state index contributed by atoms with van der Waals surface area (Å²) in [6.45, 7) is 3.97. The van der Waals surface area contributed by atoms with Crippen LogP contribution in [0, 0.1) is 0 Å². The van der Waals surface area contributed by atoms with E-state index in [1.165, 1.54) is 11.6 Å². The number of carboxylic acid groups (broad SMARTS) is 1. The molecule has 4 nitrogen and oxygen atoms in total. The van der Waals surface area contributed by atoms with Crippen LogP contribution in [-0.4, -0.2) is 15.6 Å². The number of aromatic nitrogens is 1. The van der Waals surface area contributed by atoms with Gasteiger partial charge in [0.1, 0.15) is 0 Å². The van der Waals surface area contributed by atoms with Crippen LogP contribution < -0.4 is 5.56 Å². The number of nitrogens with zero attached hydrogens (tertiary/aromatic N) is 1. The van der Waals surface area contributed by atoms with Gasteiger partial charge in [0, 0.05) is 23.4 Å². The molecule has 1 aromatic heterocycles. The van der Waals surface area contributed by atoms with Crippen molar-refractivity contribution >= 4 is 12.0 Å². The van der Waals surface area contributed by atoms with Crippen molar-refractivity contribution in [1.29, 1.82) is 0 Å². The number of aliphatic carboxylic acids is 1. The molecule has 0 unspecified atom stereocenters. The number of hydrogen-bond acceptors (Lipinski definition) is 2. The molecular formula is C15H19NO3. The monoisotopic (exact) mass is 261 g/mol. The highest BCUT2D eigenvalue weighted by Gasteiger charge is 2.18. The molecule has 1 heterocycles. The lowest BCUT2D eigenvalue weighted by Crippen LogP contribution is -2.29. The molecule has 1 N–H and O–H groups in total. The maximum absolute atomic E-state index is 12.4. The first kappa shape index (κ1) is 13.6. The molecule has 0 fully saturated rings. The van der Waals surface area contributed by atoms with Crippen molar-refractivity contribution in [1.82, 2.24) is 4.57 Å². The highest BCUT2D eigenvalue weighted by Crippen LogP contribution is 2.23. The maximum atomic E-state index is 12.4. The SMILES string of the molecule is CC(C)n1c2c(cc(/C=C/C(=O)O)c1=O)CCCC2. The Bertz CT molecular complexity index is 582. The molecule has 2 rings (SSSR count). The quantitative estimate of drug-likeness (QED) is 0.850. The average Bonchev–Trinajstić information content (AvgIpc) is 2.35. The third-order valence-corrected chi connectivity index (χ3v) is 3.49. The predicted octanol–water partition coefficient (Wildman–Crippen LogP) is 2.41. The molecule has 19 heavy (non-hydrogen) atoms. The Morgan fingerprint density at radius 2 is 2.05 bits per heavy atom. The first-order valence-electron chi connectivity index (χ1n) is 6.69. The number of fused-ring (bicyclic) bond motifs is 1. The maximum Gasteiger partial charge on any atom is 0.328 e. The van der Waals surface area contributed by atoms with E-state index < -0.39 is 5.97 Å². The van der Waals surface area contributed by atoms with Crippen LogP contribution in [-0.2, 0) is 17.6 Å². The Morgan fingerprint density at radius 1 is 1.37 bits per heavy atom. The van der Waals surface area contributed by atoms with Gasteiger partial charge in [0.2, 0.25) is 0 Å². The van der Waals surface area contributed by atoms with E-state index in [4.69, 9.17) is 5.11 Å². The van der Waals surface area contributed by atoms with Crippen molar-refractivity contribution in [2.45, 2.75) is 45.6 Å². The number of hydrogen-bond donors (Lipinski definition) is 1. The summed E-state index contributed by atoms with van der Waals surface area (Å²) in [5.41, 5.74) is 2.69. The molecule has 1 aliphatic carbocycles. The van der Waals surface area contributed by atoms with Crippen molar-refractivity contribution in [2.75, 3.05) is 0 Å². The molecule has 0 aromatic carbocycles. The van der Waals surface area contributed by atoms with E-state index >= 15 is 0 Å². The Hall–Kier alpha value is -1.84. The van der Waals surface area contributed by atoms with Gasteiger partial charge in [0.25, 0.3) is 5.56 Å². The summed E-state index contributed by atoms with van der Waals surface area (Å²) in [4.78, 5) is 23.0. The molecule has 0 radical (unpaired) electrons. The average molecular weight is 261 g/mol. The molecule has 0 amide bonds. The summed E-state index contributed by atoms with van der Waals surface area (Å²) >= 11 is 0. The van der Waals surface area contributed by atoms with E-state index in [1.807, 2.05) is 24.5 Å². The fourth-order valence-electron chi connectivity index (χ4n) is 2.68. The van der Waals surface area contributed by atoms with Crippen molar-refractivity contribution in [2.24, 2.45) is 0 Å². The minimum Gasteiger partial charge on any atom is -0.478 e. The van der Waals surface area contributed by atoms with Gasteiger partial charge in [-0.2, -0.15) is 0 Å². The molecular weight excluding hydrogens is 242 g/mol. The second kappa shape index (κ2) is 5.43. The number of carbonyl (C=O) groups is 1. The molecule has 4 heteroatoms. The number of carboxylic acids is 1. The zero-order valence-corrected chi connectivity index (χ0v) is 11.3. The van der Waals surface area contributed by atoms with E-state index in [9.17, 15) is 9.59 Å². The fourth-order valence-corrected chi connectivity index (χ4v) is 2.68. The van der Waals surface area contributed by atoms with Gasteiger partial charge in [0.15, 0.2) is 0 Å². The Kier molecular flexibility index (Phi) is 3.88. The normalized spacial score (nSPS) is 14.9. The van der Waals surface area contributed by atoms with Gasteiger partial charge in [-0.3, -0.25) is 4.79 Å². The van der Waals surface area contributed by atoms with E-state index in [2.05, 4.69) is 0 Å². The third kappa shape index (κ3) is 2.78. The summed E-state index contributed by atoms with van der Waals surface area (Å²) in [6, 6.07) is 1.95. The summed E-state index contributed by atoms with van der Waals surface area (Å²) in [7, 11) is 0. The molecule has 0 saturated heterocycles. The van der Waals surface area contributed by atoms with Crippen LogP contribution in [0.25, 0.3) is 6.08 Å². The zero-order chi connectivity index (χ0) is 14.0. The number of aryl methyl sites for hydroxylation is 1. The van der Waals surface area contributed by atoms with Gasteiger partial charge >= 0.3 is 5.97 Å². The van der Waals surface area contributed by atoms with Crippen molar-refractivity contribution < 1.29 is 9.90 Å². The summed E-state index contributed by atoms with van der Waals surface area (Å²) in [5.74, 6) is -1.03. The minimum atomic E-state index is -1.03. The highest BCUT2D eigenvalue weighted by molar-refractivity contribution is 5.85. The molecule has 102 valence electrons. The van der Waals surface area contributed by atoms with Crippen molar-refractivity contribution in [3.05, 3.63) is 39.3 Å². The second-order valence-electron chi connectivity index (χ2n) is 5.22. The van der Waals surface area contributed by atoms with Crippen LogP contribution in [0.4, 0.5) is 0 Å². The van der Waals surface area contributed by atoms with E-state index in [1.54, 1.807) is 0 Å². The lowest BCUT2D eigenvalue weighted by Gasteiger charge is -2.24. The summed E-state index contributed by atoms with van der Waals surface area (Å²) in [5, 5.41) is 8.69. The van der Waals surface area contributed by atoms with Gasteiger partial charge < -0.3 is 9.67 Å². The molecule has 1 aromatic rings. The minimum absolute atomic E-state index is 0.0897. The van der Waals surface area contributed by atoms with Crippen LogP contribution in [0.5, 0.6) is 0 Å². The van der Waals surface area contributed by atoms with Gasteiger partial charge in [-0.1, -0.05) is 0 Å². The third-order valence-electron chi connectivity index (χ3n) is 3.49. The molecule has 0 spiro atoms. The Morgan fingerprint density at radius 3 is 2.68 bits per heavy atom. The van der Waals surface area contributed by atoms with Crippen molar-refractivity contribution in [3.63, 3.8) is 0 Å². The molecule has 0 atom stereocenters. The summed E-state index contributed by atoms with van der Waals surface area (Å²) in [6.07, 6.45) is 6.58. The largest absolute Gasteiger partial charge is 0.478 e. The predicted molar refractivity (Wildman–Crippen MR) is 74.4 cm³/mol. The Balaban J connectivity index is 2.61. The first-order valence-corrected chi connectivity index (χ1v) is 6.69. The molecule has 0 bridgehead atoms. The van der Waals surface area contributed by atoms with Crippen molar-refractivity contribution in [3.8, 4) is 0 Å². The van der Waals surface area contributed by atoms with E-state index in [0.717, 1.165) is 37.5 Å². The van der Waals surface area contributed by atoms with Crippen LogP contribution in [0.1, 0.15) is 49.6 Å². The van der Waals surface area contributed by atoms with Crippen LogP contribution in [0.2, 0.25) is 0 Å². The van der Waals surface area contributed by atoms with Crippen LogP contribution >= 0.6 is 0 Å². The second-order valence-corrected chi connectivity index (χ2v) is 5.22. The van der Waals surface area contributed by atoms with Crippen LogP contribution in [0.3, 0.4) is 0 Å². The summed E-state index contributed by atoms with van der Waals surface area (Å²) < 4.78 is 1.82. The standard InChI is InChI=1S/C15H19NO3/c1-10(2)16-13-6-4-3-5-11(13)9-12(15(16)19)7-8-14(17)18/h7-10H,3-6H2,1-2H3,(H,17,18)/b8-7+. The smallest absolute Gasteiger partial charge is 0.328 e. The first-order chi connectivity index (χ1) is 9.00. The van der Waals surface area contributed by atoms with Gasteiger partial charge in [-0.25, -0.2) is 4.79 Å². The van der Waals surface area contributed by atoms with Gasteiger partial charge in [-0.05, 0) is 57.2 Å². The van der Waals surface area contributed by atoms with E-state index in [0.29, 0.717) is 5.56 Å². The zero-order valence-electron chi connectivity index (χ0n) is 11.3. The van der Waals surface area contributed by atoms with Crippen LogP contribution in [0.15, 0.2) is 16.9 Å². The lowest BCUT2D eigenvalue weighted by atomic mass is 9.94. The topological polar surface area (TPSA) is 59.3 Å². The molecule has 1 aliphatic rings. The van der Waals surface area contributed by atoms with Gasteiger partial charge in [0.05, 0.1) is 0 Å². The fraction of sp³-hybridized carbons (Fsp3) is 0.467. The van der Waals surface area contributed by atoms with Gasteiger partial charge in [-0.15, -0.1) is 0 Å². The highest BCUT2D eigenvalue weighted by atomic mass is 16.4.